The number of halogens is 1. The molecule has 1 heterocycles. The first-order valence-electron chi connectivity index (χ1n) is 6.85. The van der Waals surface area contributed by atoms with Crippen molar-refractivity contribution in [3.63, 3.8) is 0 Å². The molecule has 0 saturated heterocycles. The lowest BCUT2D eigenvalue weighted by Crippen LogP contribution is -2.04. The maximum atomic E-state index is 11.2. The normalized spacial score (nSPS) is 10.7. The number of carbonyl (C=O) groups is 1. The molecule has 0 amide bonds. The van der Waals surface area contributed by atoms with Gasteiger partial charge in [-0.05, 0) is 30.7 Å². The zero-order valence-electron chi connectivity index (χ0n) is 12.7. The Morgan fingerprint density at radius 3 is 3.04 bits per heavy atom. The highest BCUT2D eigenvalue weighted by Gasteiger charge is 2.07. The number of thiazole rings is 1. The van der Waals surface area contributed by atoms with E-state index in [9.17, 15) is 4.79 Å². The number of nitrogens with zero attached hydrogens (tertiary/aromatic N) is 2. The van der Waals surface area contributed by atoms with E-state index in [0.717, 1.165) is 5.56 Å². The molecule has 6 nitrogen and oxygen atoms in total. The third kappa shape index (κ3) is 5.22. The van der Waals surface area contributed by atoms with Crippen molar-refractivity contribution >= 4 is 40.3 Å². The van der Waals surface area contributed by atoms with E-state index in [2.05, 4.69) is 20.2 Å². The maximum absolute atomic E-state index is 11.2. The molecule has 2 aromatic rings. The molecule has 0 bridgehead atoms. The lowest BCUT2D eigenvalue weighted by Gasteiger charge is -2.05. The molecule has 0 unspecified atom stereocenters. The number of ether oxygens (including phenoxy) is 2. The predicted octanol–water partition coefficient (Wildman–Crippen LogP) is 3.36. The Hall–Kier alpha value is -2.12. The lowest BCUT2D eigenvalue weighted by atomic mass is 10.2. The van der Waals surface area contributed by atoms with E-state index in [1.165, 1.54) is 18.4 Å². The average Bonchev–Trinajstić information content (AvgIpc) is 2.97. The number of anilines is 1. The molecule has 0 atom stereocenters. The van der Waals surface area contributed by atoms with Gasteiger partial charge in [-0.3, -0.25) is 10.2 Å². The van der Waals surface area contributed by atoms with E-state index < -0.39 is 0 Å². The fourth-order valence-corrected chi connectivity index (χ4v) is 2.59. The molecule has 0 fully saturated rings. The molecular formula is C15H16ClN3O3S. The van der Waals surface area contributed by atoms with E-state index in [1.54, 1.807) is 23.7 Å². The van der Waals surface area contributed by atoms with Gasteiger partial charge in [0.05, 0.1) is 37.1 Å². The minimum absolute atomic E-state index is 0.146. The first-order chi connectivity index (χ1) is 11.1. The van der Waals surface area contributed by atoms with E-state index in [0.29, 0.717) is 28.2 Å². The SMILES string of the molecule is CCOc1ccc(/C=N\Nc2nc(CC(=O)OC)cs2)cc1Cl. The molecule has 23 heavy (non-hydrogen) atoms. The van der Waals surface area contributed by atoms with Gasteiger partial charge in [0, 0.05) is 5.38 Å². The van der Waals surface area contributed by atoms with Crippen LogP contribution in [0.5, 0.6) is 5.75 Å². The van der Waals surface area contributed by atoms with Gasteiger partial charge in [0.2, 0.25) is 5.13 Å². The molecule has 1 aromatic carbocycles. The third-order valence-electron chi connectivity index (χ3n) is 2.73. The van der Waals surface area contributed by atoms with Crippen molar-refractivity contribution in [3.05, 3.63) is 39.9 Å². The van der Waals surface area contributed by atoms with Crippen molar-refractivity contribution in [3.8, 4) is 5.75 Å². The van der Waals surface area contributed by atoms with Crippen LogP contribution in [0.2, 0.25) is 5.02 Å². The fourth-order valence-electron chi connectivity index (χ4n) is 1.69. The number of nitrogens with one attached hydrogen (secondary N) is 1. The Morgan fingerprint density at radius 1 is 1.52 bits per heavy atom. The van der Waals surface area contributed by atoms with Crippen molar-refractivity contribution in [1.29, 1.82) is 0 Å². The van der Waals surface area contributed by atoms with Crippen LogP contribution in [0, 0.1) is 0 Å². The summed E-state index contributed by atoms with van der Waals surface area (Å²) in [5.41, 5.74) is 4.29. The van der Waals surface area contributed by atoms with Crippen LogP contribution >= 0.6 is 22.9 Å². The van der Waals surface area contributed by atoms with Gasteiger partial charge >= 0.3 is 5.97 Å². The maximum Gasteiger partial charge on any atom is 0.311 e. The molecule has 122 valence electrons. The van der Waals surface area contributed by atoms with Crippen LogP contribution in [-0.4, -0.2) is 30.9 Å². The van der Waals surface area contributed by atoms with E-state index in [1.807, 2.05) is 13.0 Å². The Labute approximate surface area is 143 Å². The minimum Gasteiger partial charge on any atom is -0.492 e. The van der Waals surface area contributed by atoms with Crippen LogP contribution in [0.15, 0.2) is 28.7 Å². The standard InChI is InChI=1S/C15H16ClN3O3S/c1-3-22-13-5-4-10(6-12(13)16)8-17-19-15-18-11(9-23-15)7-14(20)21-2/h4-6,8-9H,3,7H2,1-2H3,(H,18,19)/b17-8-. The molecule has 0 saturated carbocycles. The summed E-state index contributed by atoms with van der Waals surface area (Å²) in [6.45, 7) is 2.46. The zero-order chi connectivity index (χ0) is 16.7. The summed E-state index contributed by atoms with van der Waals surface area (Å²) in [6.07, 6.45) is 1.77. The highest BCUT2D eigenvalue weighted by molar-refractivity contribution is 7.13. The molecular weight excluding hydrogens is 338 g/mol. The second-order valence-corrected chi connectivity index (χ2v) is 5.66. The summed E-state index contributed by atoms with van der Waals surface area (Å²) in [7, 11) is 1.35. The summed E-state index contributed by atoms with van der Waals surface area (Å²) in [5, 5.41) is 7.01. The number of hydrazone groups is 1. The Bertz CT molecular complexity index is 703. The largest absolute Gasteiger partial charge is 0.492 e. The quantitative estimate of drug-likeness (QED) is 0.469. The van der Waals surface area contributed by atoms with Crippen LogP contribution in [0.4, 0.5) is 5.13 Å². The molecule has 0 aliphatic rings. The fraction of sp³-hybridized carbons (Fsp3) is 0.267. The van der Waals surface area contributed by atoms with Crippen molar-refractivity contribution in [1.82, 2.24) is 4.98 Å². The molecule has 0 radical (unpaired) electrons. The first-order valence-corrected chi connectivity index (χ1v) is 8.10. The number of methoxy groups -OCH3 is 1. The van der Waals surface area contributed by atoms with Gasteiger partial charge in [-0.25, -0.2) is 4.98 Å². The van der Waals surface area contributed by atoms with E-state index in [-0.39, 0.29) is 12.4 Å². The number of carbonyl (C=O) groups excluding carboxylic acids is 1. The van der Waals surface area contributed by atoms with Crippen LogP contribution in [0.25, 0.3) is 0 Å². The second-order valence-electron chi connectivity index (χ2n) is 4.39. The van der Waals surface area contributed by atoms with E-state index in [4.69, 9.17) is 16.3 Å². The van der Waals surface area contributed by atoms with Crippen molar-refractivity contribution < 1.29 is 14.3 Å². The topological polar surface area (TPSA) is 72.8 Å². The van der Waals surface area contributed by atoms with Gasteiger partial charge < -0.3 is 9.47 Å². The molecule has 1 aromatic heterocycles. The van der Waals surface area contributed by atoms with Crippen molar-refractivity contribution in [2.24, 2.45) is 5.10 Å². The number of esters is 1. The van der Waals surface area contributed by atoms with Crippen LogP contribution < -0.4 is 10.2 Å². The van der Waals surface area contributed by atoms with E-state index >= 15 is 0 Å². The summed E-state index contributed by atoms with van der Waals surface area (Å²) in [5.74, 6) is 0.320. The summed E-state index contributed by atoms with van der Waals surface area (Å²) in [4.78, 5) is 15.4. The van der Waals surface area contributed by atoms with Crippen LogP contribution in [0.1, 0.15) is 18.2 Å². The second kappa shape index (κ2) is 8.50. The number of hydrogen-bond donors (Lipinski definition) is 1. The molecule has 0 aliphatic carbocycles. The van der Waals surface area contributed by atoms with Crippen molar-refractivity contribution in [2.45, 2.75) is 13.3 Å². The average molecular weight is 354 g/mol. The monoisotopic (exact) mass is 353 g/mol. The van der Waals surface area contributed by atoms with Crippen LogP contribution in [0.3, 0.4) is 0 Å². The smallest absolute Gasteiger partial charge is 0.311 e. The van der Waals surface area contributed by atoms with Gasteiger partial charge in [0.1, 0.15) is 5.75 Å². The number of rotatable bonds is 7. The van der Waals surface area contributed by atoms with Gasteiger partial charge in [0.25, 0.3) is 0 Å². The highest BCUT2D eigenvalue weighted by atomic mass is 35.5. The lowest BCUT2D eigenvalue weighted by molar-refractivity contribution is -0.139. The minimum atomic E-state index is -0.325. The van der Waals surface area contributed by atoms with Gasteiger partial charge in [-0.15, -0.1) is 11.3 Å². The van der Waals surface area contributed by atoms with Crippen molar-refractivity contribution in [2.75, 3.05) is 19.1 Å². The summed E-state index contributed by atoms with van der Waals surface area (Å²) >= 11 is 7.47. The zero-order valence-corrected chi connectivity index (χ0v) is 14.3. The summed E-state index contributed by atoms with van der Waals surface area (Å²) in [6, 6.07) is 5.42. The molecule has 0 aliphatic heterocycles. The van der Waals surface area contributed by atoms with Gasteiger partial charge in [-0.1, -0.05) is 11.6 Å². The molecule has 8 heteroatoms. The van der Waals surface area contributed by atoms with Crippen LogP contribution in [-0.2, 0) is 16.0 Å². The van der Waals surface area contributed by atoms with Gasteiger partial charge in [-0.2, -0.15) is 5.10 Å². The molecule has 2 rings (SSSR count). The molecule has 0 spiro atoms. The summed E-state index contributed by atoms with van der Waals surface area (Å²) < 4.78 is 9.96. The Kier molecular flexibility index (Phi) is 6.37. The number of aromatic nitrogens is 1. The first kappa shape index (κ1) is 17.2. The Balaban J connectivity index is 1.94. The highest BCUT2D eigenvalue weighted by Crippen LogP contribution is 2.24. The number of hydrogen-bond acceptors (Lipinski definition) is 7. The molecule has 1 N–H and O–H groups in total. The number of benzene rings is 1. The Morgan fingerprint density at radius 2 is 2.35 bits per heavy atom. The van der Waals surface area contributed by atoms with Gasteiger partial charge in [0.15, 0.2) is 0 Å². The predicted molar refractivity (Wildman–Crippen MR) is 91.7 cm³/mol. The third-order valence-corrected chi connectivity index (χ3v) is 3.83.